The predicted octanol–water partition coefficient (Wildman–Crippen LogP) is 3.60. The third kappa shape index (κ3) is 3.62. The van der Waals surface area contributed by atoms with Crippen LogP contribution in [0.1, 0.15) is 25.5 Å². The van der Waals surface area contributed by atoms with E-state index in [4.69, 9.17) is 0 Å². The molecule has 0 N–H and O–H groups in total. The highest BCUT2D eigenvalue weighted by Crippen LogP contribution is 2.21. The van der Waals surface area contributed by atoms with Crippen LogP contribution in [0.2, 0.25) is 0 Å². The molecule has 0 saturated heterocycles. The Labute approximate surface area is 106 Å². The van der Waals surface area contributed by atoms with Gasteiger partial charge in [-0.25, -0.2) is 0 Å². The normalized spacial score (nSPS) is 12.8. The summed E-state index contributed by atoms with van der Waals surface area (Å²) in [5.74, 6) is 0.566. The fraction of sp³-hybridized carbons (Fsp3) is 0.462. The van der Waals surface area contributed by atoms with Crippen molar-refractivity contribution in [2.45, 2.75) is 19.9 Å². The van der Waals surface area contributed by atoms with E-state index in [1.807, 2.05) is 31.3 Å². The first-order chi connectivity index (χ1) is 7.54. The Hall–Kier alpha value is -0.850. The highest BCUT2D eigenvalue weighted by atomic mass is 79.9. The molecule has 0 saturated carbocycles. The van der Waals surface area contributed by atoms with Crippen LogP contribution in [0.4, 0.5) is 0 Å². The molecule has 0 aliphatic carbocycles. The van der Waals surface area contributed by atoms with E-state index in [-0.39, 0.29) is 6.04 Å². The van der Waals surface area contributed by atoms with Gasteiger partial charge >= 0.3 is 0 Å². The molecule has 1 aromatic rings. The summed E-state index contributed by atoms with van der Waals surface area (Å²) in [5, 5.41) is 9.23. The maximum atomic E-state index is 9.23. The first kappa shape index (κ1) is 13.2. The molecule has 0 bridgehead atoms. The van der Waals surface area contributed by atoms with Crippen molar-refractivity contribution in [2.24, 2.45) is 5.92 Å². The lowest BCUT2D eigenvalue weighted by molar-refractivity contribution is 0.259. The SMILES string of the molecule is CC(C)CN(C)C(C#N)c1ccc(Br)cc1. The number of rotatable bonds is 4. The zero-order valence-electron chi connectivity index (χ0n) is 9.94. The van der Waals surface area contributed by atoms with Crippen LogP contribution in [0.25, 0.3) is 0 Å². The highest BCUT2D eigenvalue weighted by molar-refractivity contribution is 9.10. The van der Waals surface area contributed by atoms with Crippen molar-refractivity contribution in [3.63, 3.8) is 0 Å². The fourth-order valence-electron chi connectivity index (χ4n) is 1.75. The molecule has 1 rings (SSSR count). The Morgan fingerprint density at radius 3 is 2.31 bits per heavy atom. The Morgan fingerprint density at radius 1 is 1.31 bits per heavy atom. The summed E-state index contributed by atoms with van der Waals surface area (Å²) >= 11 is 3.40. The molecule has 2 nitrogen and oxygen atoms in total. The molecule has 0 spiro atoms. The van der Waals surface area contributed by atoms with Crippen LogP contribution in [-0.4, -0.2) is 18.5 Å². The molecule has 0 amide bonds. The molecule has 0 aliphatic rings. The molecule has 0 aliphatic heterocycles. The lowest BCUT2D eigenvalue weighted by Crippen LogP contribution is -2.27. The van der Waals surface area contributed by atoms with Gasteiger partial charge in [-0.2, -0.15) is 5.26 Å². The molecule has 0 radical (unpaired) electrons. The van der Waals surface area contributed by atoms with Crippen LogP contribution in [0.15, 0.2) is 28.7 Å². The number of benzene rings is 1. The summed E-state index contributed by atoms with van der Waals surface area (Å²) in [6.07, 6.45) is 0. The summed E-state index contributed by atoms with van der Waals surface area (Å²) in [5.41, 5.74) is 1.05. The Morgan fingerprint density at radius 2 is 1.88 bits per heavy atom. The second-order valence-corrected chi connectivity index (χ2v) is 5.33. The van der Waals surface area contributed by atoms with Gasteiger partial charge in [0.15, 0.2) is 0 Å². The predicted molar refractivity (Wildman–Crippen MR) is 70.0 cm³/mol. The topological polar surface area (TPSA) is 27.0 Å². The van der Waals surface area contributed by atoms with Gasteiger partial charge in [0, 0.05) is 11.0 Å². The van der Waals surface area contributed by atoms with Gasteiger partial charge in [-0.15, -0.1) is 0 Å². The molecule has 3 heteroatoms. The van der Waals surface area contributed by atoms with E-state index >= 15 is 0 Å². The van der Waals surface area contributed by atoms with Crippen LogP contribution < -0.4 is 0 Å². The first-order valence-corrected chi connectivity index (χ1v) is 6.19. The number of hydrogen-bond donors (Lipinski definition) is 0. The van der Waals surface area contributed by atoms with Gasteiger partial charge in [0.1, 0.15) is 6.04 Å². The van der Waals surface area contributed by atoms with E-state index in [2.05, 4.69) is 40.7 Å². The summed E-state index contributed by atoms with van der Waals surface area (Å²) in [6.45, 7) is 5.24. The summed E-state index contributed by atoms with van der Waals surface area (Å²) < 4.78 is 1.04. The van der Waals surface area contributed by atoms with Crippen molar-refractivity contribution >= 4 is 15.9 Å². The lowest BCUT2D eigenvalue weighted by atomic mass is 10.1. The molecule has 0 fully saturated rings. The van der Waals surface area contributed by atoms with Gasteiger partial charge in [-0.1, -0.05) is 41.9 Å². The first-order valence-electron chi connectivity index (χ1n) is 5.40. The number of nitriles is 1. The van der Waals surface area contributed by atoms with E-state index in [1.54, 1.807) is 0 Å². The van der Waals surface area contributed by atoms with Crippen molar-refractivity contribution in [1.82, 2.24) is 4.90 Å². The van der Waals surface area contributed by atoms with E-state index in [1.165, 1.54) is 0 Å². The third-order valence-corrected chi connectivity index (χ3v) is 2.93. The third-order valence-electron chi connectivity index (χ3n) is 2.40. The molecule has 0 aromatic heterocycles. The van der Waals surface area contributed by atoms with Crippen molar-refractivity contribution in [1.29, 1.82) is 5.26 Å². The van der Waals surface area contributed by atoms with Gasteiger partial charge in [-0.3, -0.25) is 4.90 Å². The molecular weight excluding hydrogens is 264 g/mol. The smallest absolute Gasteiger partial charge is 0.123 e. The molecule has 1 aromatic carbocycles. The lowest BCUT2D eigenvalue weighted by Gasteiger charge is -2.24. The second kappa shape index (κ2) is 6.03. The molecular formula is C13H17BrN2. The second-order valence-electron chi connectivity index (χ2n) is 4.42. The Bertz CT molecular complexity index is 365. The van der Waals surface area contributed by atoms with Crippen LogP contribution in [0, 0.1) is 17.2 Å². The van der Waals surface area contributed by atoms with E-state index in [9.17, 15) is 5.26 Å². The highest BCUT2D eigenvalue weighted by Gasteiger charge is 2.16. The van der Waals surface area contributed by atoms with Crippen LogP contribution in [-0.2, 0) is 0 Å². The quantitative estimate of drug-likeness (QED) is 0.843. The minimum Gasteiger partial charge on any atom is -0.287 e. The molecule has 16 heavy (non-hydrogen) atoms. The zero-order chi connectivity index (χ0) is 12.1. The van der Waals surface area contributed by atoms with Crippen LogP contribution in [0.5, 0.6) is 0 Å². The van der Waals surface area contributed by atoms with Gasteiger partial charge in [0.05, 0.1) is 6.07 Å². The zero-order valence-corrected chi connectivity index (χ0v) is 11.5. The van der Waals surface area contributed by atoms with Crippen molar-refractivity contribution < 1.29 is 0 Å². The van der Waals surface area contributed by atoms with E-state index < -0.39 is 0 Å². The Kier molecular flexibility index (Phi) is 4.98. The largest absolute Gasteiger partial charge is 0.287 e. The fourth-order valence-corrected chi connectivity index (χ4v) is 2.02. The molecule has 1 unspecified atom stereocenters. The summed E-state index contributed by atoms with van der Waals surface area (Å²) in [4.78, 5) is 2.09. The van der Waals surface area contributed by atoms with E-state index in [0.29, 0.717) is 5.92 Å². The number of hydrogen-bond acceptors (Lipinski definition) is 2. The summed E-state index contributed by atoms with van der Waals surface area (Å²) in [6, 6.07) is 10.1. The molecule has 1 atom stereocenters. The van der Waals surface area contributed by atoms with Gasteiger partial charge < -0.3 is 0 Å². The standard InChI is InChI=1S/C13H17BrN2/c1-10(2)9-16(3)13(8-15)11-4-6-12(14)7-5-11/h4-7,10,13H,9H2,1-3H3. The average molecular weight is 281 g/mol. The number of halogens is 1. The maximum Gasteiger partial charge on any atom is 0.123 e. The summed E-state index contributed by atoms with van der Waals surface area (Å²) in [7, 11) is 2.00. The van der Waals surface area contributed by atoms with Crippen LogP contribution in [0.3, 0.4) is 0 Å². The van der Waals surface area contributed by atoms with Crippen molar-refractivity contribution in [3.05, 3.63) is 34.3 Å². The van der Waals surface area contributed by atoms with Crippen molar-refractivity contribution in [3.8, 4) is 6.07 Å². The number of nitrogens with zero attached hydrogens (tertiary/aromatic N) is 2. The Balaban J connectivity index is 2.82. The van der Waals surface area contributed by atoms with Crippen molar-refractivity contribution in [2.75, 3.05) is 13.6 Å². The van der Waals surface area contributed by atoms with E-state index in [0.717, 1.165) is 16.6 Å². The minimum absolute atomic E-state index is 0.157. The monoisotopic (exact) mass is 280 g/mol. The van der Waals surface area contributed by atoms with Gasteiger partial charge in [0.2, 0.25) is 0 Å². The molecule has 0 heterocycles. The molecule has 86 valence electrons. The maximum absolute atomic E-state index is 9.23. The average Bonchev–Trinajstić information content (AvgIpc) is 2.21. The van der Waals surface area contributed by atoms with Gasteiger partial charge in [-0.05, 0) is 30.7 Å². The minimum atomic E-state index is -0.157. The van der Waals surface area contributed by atoms with Gasteiger partial charge in [0.25, 0.3) is 0 Å². The van der Waals surface area contributed by atoms with Crippen LogP contribution >= 0.6 is 15.9 Å².